The Hall–Kier alpha value is -2.83. The van der Waals surface area contributed by atoms with E-state index in [0.29, 0.717) is 15.9 Å². The van der Waals surface area contributed by atoms with Gasteiger partial charge in [0.15, 0.2) is 10.8 Å². The second-order valence-corrected chi connectivity index (χ2v) is 7.58. The largest absolute Gasteiger partial charge is 0.324 e. The number of amides is 1. The number of carbonyl (C=O) groups is 1. The van der Waals surface area contributed by atoms with Gasteiger partial charge in [-0.3, -0.25) is 9.36 Å². The minimum atomic E-state index is -0.143. The van der Waals surface area contributed by atoms with Crippen molar-refractivity contribution >= 4 is 46.1 Å². The lowest BCUT2D eigenvalue weighted by Gasteiger charge is -2.09. The molecule has 0 spiro atoms. The van der Waals surface area contributed by atoms with E-state index >= 15 is 0 Å². The third-order valence-corrected chi connectivity index (χ3v) is 5.38. The number of nitrogens with one attached hydrogen (secondary N) is 1. The number of fused-ring (bicyclic) bond motifs is 1. The Morgan fingerprint density at radius 1 is 1.14 bits per heavy atom. The van der Waals surface area contributed by atoms with Crippen LogP contribution < -0.4 is 5.32 Å². The molecule has 0 saturated carbocycles. The normalized spacial score (nSPS) is 10.9. The summed E-state index contributed by atoms with van der Waals surface area (Å²) in [5.74, 6) is 0.0655. The van der Waals surface area contributed by atoms with E-state index < -0.39 is 0 Å². The molecule has 0 aliphatic rings. The van der Waals surface area contributed by atoms with Crippen molar-refractivity contribution < 1.29 is 4.79 Å². The summed E-state index contributed by atoms with van der Waals surface area (Å²) in [4.78, 5) is 21.6. The van der Waals surface area contributed by atoms with Gasteiger partial charge < -0.3 is 5.32 Å². The number of benzene rings is 2. The molecule has 4 aromatic rings. The molecule has 5 nitrogen and oxygen atoms in total. The number of rotatable bonds is 5. The molecule has 1 N–H and O–H groups in total. The zero-order chi connectivity index (χ0) is 19.5. The highest BCUT2D eigenvalue weighted by molar-refractivity contribution is 7.99. The molecule has 0 aliphatic carbocycles. The van der Waals surface area contributed by atoms with E-state index in [1.54, 1.807) is 6.20 Å². The Labute approximate surface area is 171 Å². The Bertz CT molecular complexity index is 1140. The maximum absolute atomic E-state index is 12.4. The average Bonchev–Trinajstić information content (AvgIpc) is 3.07. The highest BCUT2D eigenvalue weighted by Crippen LogP contribution is 2.27. The highest BCUT2D eigenvalue weighted by Gasteiger charge is 2.15. The number of pyridine rings is 1. The molecule has 7 heteroatoms. The number of anilines is 1. The fraction of sp³-hybridized carbons (Fsp3) is 0.0952. The highest BCUT2D eigenvalue weighted by atomic mass is 35.5. The predicted molar refractivity (Wildman–Crippen MR) is 114 cm³/mol. The first-order valence-electron chi connectivity index (χ1n) is 8.69. The molecule has 4 rings (SSSR count). The number of imidazole rings is 1. The SMILES string of the molecule is Cc1ccc(NC(=O)CSc2nc3cccnc3n2-c2ccccc2)c(Cl)c1. The zero-order valence-electron chi connectivity index (χ0n) is 15.1. The van der Waals surface area contributed by atoms with Crippen molar-refractivity contribution in [3.8, 4) is 5.69 Å². The maximum Gasteiger partial charge on any atom is 0.234 e. The Morgan fingerprint density at radius 2 is 1.96 bits per heavy atom. The third-order valence-electron chi connectivity index (χ3n) is 4.13. The Morgan fingerprint density at radius 3 is 2.75 bits per heavy atom. The van der Waals surface area contributed by atoms with Gasteiger partial charge in [0.25, 0.3) is 0 Å². The first kappa shape index (κ1) is 18.5. The summed E-state index contributed by atoms with van der Waals surface area (Å²) in [6, 6.07) is 19.2. The lowest BCUT2D eigenvalue weighted by Crippen LogP contribution is -2.15. The van der Waals surface area contributed by atoms with E-state index in [0.717, 1.165) is 22.4 Å². The van der Waals surface area contributed by atoms with Crippen LogP contribution in [-0.4, -0.2) is 26.2 Å². The monoisotopic (exact) mass is 408 g/mol. The van der Waals surface area contributed by atoms with E-state index in [4.69, 9.17) is 11.6 Å². The Balaban J connectivity index is 1.57. The second-order valence-electron chi connectivity index (χ2n) is 6.23. The van der Waals surface area contributed by atoms with Crippen molar-refractivity contribution in [3.63, 3.8) is 0 Å². The molecule has 140 valence electrons. The number of nitrogens with zero attached hydrogens (tertiary/aromatic N) is 3. The molecular weight excluding hydrogens is 392 g/mol. The van der Waals surface area contributed by atoms with Gasteiger partial charge in [-0.05, 0) is 48.9 Å². The third kappa shape index (κ3) is 3.88. The molecule has 2 heterocycles. The Kier molecular flexibility index (Phi) is 5.32. The quantitative estimate of drug-likeness (QED) is 0.466. The number of hydrogen-bond donors (Lipinski definition) is 1. The minimum Gasteiger partial charge on any atom is -0.324 e. The van der Waals surface area contributed by atoms with Gasteiger partial charge in [-0.15, -0.1) is 0 Å². The fourth-order valence-corrected chi connectivity index (χ4v) is 3.93. The van der Waals surface area contributed by atoms with Gasteiger partial charge in [-0.2, -0.15) is 0 Å². The topological polar surface area (TPSA) is 59.8 Å². The molecule has 0 bridgehead atoms. The van der Waals surface area contributed by atoms with Crippen LogP contribution in [0.15, 0.2) is 72.0 Å². The molecule has 28 heavy (non-hydrogen) atoms. The van der Waals surface area contributed by atoms with Crippen LogP contribution in [0, 0.1) is 6.92 Å². The molecule has 2 aromatic heterocycles. The molecule has 2 aromatic carbocycles. The number of carbonyl (C=O) groups excluding carboxylic acids is 1. The van der Waals surface area contributed by atoms with Crippen LogP contribution in [0.2, 0.25) is 5.02 Å². The van der Waals surface area contributed by atoms with Gasteiger partial charge in [0.05, 0.1) is 16.5 Å². The molecule has 0 saturated heterocycles. The van der Waals surface area contributed by atoms with Crippen LogP contribution in [0.3, 0.4) is 0 Å². The van der Waals surface area contributed by atoms with Crippen molar-refractivity contribution in [1.29, 1.82) is 0 Å². The summed E-state index contributed by atoms with van der Waals surface area (Å²) in [5.41, 5.74) is 4.15. The van der Waals surface area contributed by atoms with Crippen LogP contribution in [0.5, 0.6) is 0 Å². The van der Waals surface area contributed by atoms with Gasteiger partial charge in [0, 0.05) is 11.9 Å². The van der Waals surface area contributed by atoms with E-state index in [1.807, 2.05) is 72.2 Å². The van der Waals surface area contributed by atoms with Gasteiger partial charge >= 0.3 is 0 Å². The van der Waals surface area contributed by atoms with Crippen molar-refractivity contribution in [2.75, 3.05) is 11.1 Å². The van der Waals surface area contributed by atoms with Crippen molar-refractivity contribution in [2.24, 2.45) is 0 Å². The van der Waals surface area contributed by atoms with Gasteiger partial charge in [0.1, 0.15) is 5.52 Å². The second kappa shape index (κ2) is 8.04. The average molecular weight is 409 g/mol. The molecule has 0 fully saturated rings. The number of halogens is 1. The van der Waals surface area contributed by atoms with E-state index in [9.17, 15) is 4.79 Å². The van der Waals surface area contributed by atoms with Crippen molar-refractivity contribution in [3.05, 3.63) is 77.4 Å². The smallest absolute Gasteiger partial charge is 0.234 e. The molecule has 0 aliphatic heterocycles. The first-order chi connectivity index (χ1) is 13.6. The summed E-state index contributed by atoms with van der Waals surface area (Å²) in [6.07, 6.45) is 1.74. The molecule has 0 atom stereocenters. The van der Waals surface area contributed by atoms with Crippen LogP contribution in [0.25, 0.3) is 16.9 Å². The van der Waals surface area contributed by atoms with Gasteiger partial charge in [-0.1, -0.05) is 47.6 Å². The molecule has 1 amide bonds. The first-order valence-corrected chi connectivity index (χ1v) is 10.1. The zero-order valence-corrected chi connectivity index (χ0v) is 16.7. The van der Waals surface area contributed by atoms with E-state index in [2.05, 4.69) is 15.3 Å². The summed E-state index contributed by atoms with van der Waals surface area (Å²) in [6.45, 7) is 1.95. The number of thioether (sulfide) groups is 1. The number of aromatic nitrogens is 3. The number of aryl methyl sites for hydroxylation is 1. The lowest BCUT2D eigenvalue weighted by atomic mass is 10.2. The van der Waals surface area contributed by atoms with Crippen LogP contribution >= 0.6 is 23.4 Å². The van der Waals surface area contributed by atoms with Gasteiger partial charge in [0.2, 0.25) is 5.91 Å². The van der Waals surface area contributed by atoms with Crippen molar-refractivity contribution in [2.45, 2.75) is 12.1 Å². The lowest BCUT2D eigenvalue weighted by molar-refractivity contribution is -0.113. The minimum absolute atomic E-state index is 0.143. The predicted octanol–water partition coefficient (Wildman–Crippen LogP) is 5.11. The summed E-state index contributed by atoms with van der Waals surface area (Å²) in [5, 5.41) is 4.10. The van der Waals surface area contributed by atoms with E-state index in [1.165, 1.54) is 11.8 Å². The van der Waals surface area contributed by atoms with Crippen molar-refractivity contribution in [1.82, 2.24) is 14.5 Å². The van der Waals surface area contributed by atoms with Gasteiger partial charge in [-0.25, -0.2) is 9.97 Å². The number of hydrogen-bond acceptors (Lipinski definition) is 4. The molecule has 0 unspecified atom stereocenters. The van der Waals surface area contributed by atoms with E-state index in [-0.39, 0.29) is 11.7 Å². The molecular formula is C21H17ClN4OS. The van der Waals surface area contributed by atoms with Crippen LogP contribution in [0.4, 0.5) is 5.69 Å². The molecule has 0 radical (unpaired) electrons. The summed E-state index contributed by atoms with van der Waals surface area (Å²) >= 11 is 7.56. The standard InChI is InChI=1S/C21H17ClN4OS/c1-14-9-10-17(16(22)12-14)24-19(27)13-28-21-25-18-8-5-11-23-20(18)26(21)15-6-3-2-4-7-15/h2-12H,13H2,1H3,(H,24,27). The van der Waals surface area contributed by atoms with Crippen LogP contribution in [-0.2, 0) is 4.79 Å². The number of para-hydroxylation sites is 1. The van der Waals surface area contributed by atoms with Crippen LogP contribution in [0.1, 0.15) is 5.56 Å². The summed E-state index contributed by atoms with van der Waals surface area (Å²) < 4.78 is 1.96. The maximum atomic E-state index is 12.4. The fourth-order valence-electron chi connectivity index (χ4n) is 2.84. The summed E-state index contributed by atoms with van der Waals surface area (Å²) in [7, 11) is 0.